The number of hydrogen-bond acceptors (Lipinski definition) is 4. The highest BCUT2D eigenvalue weighted by atomic mass is 16.6. The van der Waals surface area contributed by atoms with Crippen LogP contribution in [-0.2, 0) is 24.8 Å². The summed E-state index contributed by atoms with van der Waals surface area (Å²) in [4.78, 5) is 11.8. The Morgan fingerprint density at radius 2 is 2.17 bits per heavy atom. The molecule has 0 saturated heterocycles. The van der Waals surface area contributed by atoms with E-state index in [0.29, 0.717) is 12.5 Å². The number of carbonyl (C=O) groups is 1. The van der Waals surface area contributed by atoms with E-state index in [4.69, 9.17) is 4.74 Å². The van der Waals surface area contributed by atoms with Crippen LogP contribution >= 0.6 is 0 Å². The molecule has 1 saturated carbocycles. The van der Waals surface area contributed by atoms with Gasteiger partial charge in [-0.15, -0.1) is 0 Å². The first-order chi connectivity index (χ1) is 10.8. The van der Waals surface area contributed by atoms with Crippen LogP contribution in [0, 0.1) is 5.92 Å². The van der Waals surface area contributed by atoms with Gasteiger partial charge in [0.05, 0.1) is 5.69 Å². The van der Waals surface area contributed by atoms with Gasteiger partial charge in [-0.05, 0) is 46.0 Å². The Kier molecular flexibility index (Phi) is 5.68. The Bertz CT molecular complexity index is 529. The van der Waals surface area contributed by atoms with Gasteiger partial charge in [0, 0.05) is 37.9 Å². The van der Waals surface area contributed by atoms with E-state index in [0.717, 1.165) is 18.7 Å². The topological polar surface area (TPSA) is 68.2 Å². The molecular formula is C17H30N4O2. The Morgan fingerprint density at radius 3 is 2.74 bits per heavy atom. The second-order valence-corrected chi connectivity index (χ2v) is 7.34. The van der Waals surface area contributed by atoms with Crippen LogP contribution in [0.2, 0.25) is 0 Å². The predicted octanol–water partition coefficient (Wildman–Crippen LogP) is 2.38. The SMILES string of the molecule is CCc1nn(C)cc1CNC(CNC(=O)OC(C)(C)C)C1CC1. The quantitative estimate of drug-likeness (QED) is 0.809. The van der Waals surface area contributed by atoms with Crippen molar-refractivity contribution in [3.8, 4) is 0 Å². The van der Waals surface area contributed by atoms with Crippen molar-refractivity contribution in [2.75, 3.05) is 6.54 Å². The van der Waals surface area contributed by atoms with Crippen molar-refractivity contribution in [1.29, 1.82) is 0 Å². The van der Waals surface area contributed by atoms with Crippen LogP contribution in [0.5, 0.6) is 0 Å². The molecule has 130 valence electrons. The van der Waals surface area contributed by atoms with Gasteiger partial charge in [0.1, 0.15) is 5.60 Å². The number of nitrogens with zero attached hydrogens (tertiary/aromatic N) is 2. The zero-order valence-electron chi connectivity index (χ0n) is 15.0. The van der Waals surface area contributed by atoms with Crippen LogP contribution in [0.3, 0.4) is 0 Å². The monoisotopic (exact) mass is 322 g/mol. The summed E-state index contributed by atoms with van der Waals surface area (Å²) in [5, 5.41) is 10.9. The number of ether oxygens (including phenoxy) is 1. The molecule has 1 aliphatic carbocycles. The normalized spacial score (nSPS) is 16.2. The third-order valence-electron chi connectivity index (χ3n) is 3.94. The molecule has 1 amide bonds. The molecule has 6 nitrogen and oxygen atoms in total. The van der Waals surface area contributed by atoms with Crippen LogP contribution in [0.15, 0.2) is 6.20 Å². The number of hydrogen-bond donors (Lipinski definition) is 2. The zero-order chi connectivity index (χ0) is 17.0. The summed E-state index contributed by atoms with van der Waals surface area (Å²) in [7, 11) is 1.95. The van der Waals surface area contributed by atoms with E-state index in [2.05, 4.69) is 28.9 Å². The summed E-state index contributed by atoms with van der Waals surface area (Å²) < 4.78 is 7.16. The van der Waals surface area contributed by atoms with Gasteiger partial charge >= 0.3 is 6.09 Å². The van der Waals surface area contributed by atoms with Crippen molar-refractivity contribution >= 4 is 6.09 Å². The molecule has 1 unspecified atom stereocenters. The minimum Gasteiger partial charge on any atom is -0.444 e. The van der Waals surface area contributed by atoms with Crippen molar-refractivity contribution in [3.63, 3.8) is 0 Å². The minimum absolute atomic E-state index is 0.285. The summed E-state index contributed by atoms with van der Waals surface area (Å²) in [6.07, 6.45) is 5.10. The van der Waals surface area contributed by atoms with Gasteiger partial charge in [0.2, 0.25) is 0 Å². The molecule has 1 aromatic heterocycles. The molecule has 0 radical (unpaired) electrons. The van der Waals surface area contributed by atoms with E-state index < -0.39 is 5.60 Å². The van der Waals surface area contributed by atoms with E-state index in [9.17, 15) is 4.79 Å². The number of aryl methyl sites for hydroxylation is 2. The van der Waals surface area contributed by atoms with Crippen molar-refractivity contribution < 1.29 is 9.53 Å². The van der Waals surface area contributed by atoms with Crippen molar-refractivity contribution in [2.45, 2.75) is 65.1 Å². The largest absolute Gasteiger partial charge is 0.444 e. The maximum Gasteiger partial charge on any atom is 0.407 e. The van der Waals surface area contributed by atoms with Gasteiger partial charge in [-0.3, -0.25) is 4.68 Å². The van der Waals surface area contributed by atoms with Gasteiger partial charge in [0.15, 0.2) is 0 Å². The standard InChI is InChI=1S/C17H30N4O2/c1-6-14-13(11-21(5)20-14)9-18-15(12-7-8-12)10-19-16(22)23-17(2,3)4/h11-12,15,18H,6-10H2,1-5H3,(H,19,22). The lowest BCUT2D eigenvalue weighted by Gasteiger charge is -2.22. The Morgan fingerprint density at radius 1 is 1.48 bits per heavy atom. The first-order valence-electron chi connectivity index (χ1n) is 8.50. The van der Waals surface area contributed by atoms with E-state index in [1.54, 1.807) is 0 Å². The Hall–Kier alpha value is -1.56. The van der Waals surface area contributed by atoms with Crippen molar-refractivity contribution in [1.82, 2.24) is 20.4 Å². The maximum absolute atomic E-state index is 11.8. The van der Waals surface area contributed by atoms with Crippen molar-refractivity contribution in [3.05, 3.63) is 17.5 Å². The molecule has 6 heteroatoms. The number of rotatable bonds is 7. The lowest BCUT2D eigenvalue weighted by atomic mass is 10.1. The molecule has 23 heavy (non-hydrogen) atoms. The predicted molar refractivity (Wildman–Crippen MR) is 90.2 cm³/mol. The minimum atomic E-state index is -0.460. The summed E-state index contributed by atoms with van der Waals surface area (Å²) in [6.45, 7) is 9.12. The maximum atomic E-state index is 11.8. The first kappa shape index (κ1) is 17.8. The second-order valence-electron chi connectivity index (χ2n) is 7.34. The fourth-order valence-electron chi connectivity index (χ4n) is 2.68. The van der Waals surface area contributed by atoms with Crippen LogP contribution in [-0.4, -0.2) is 34.1 Å². The molecule has 0 bridgehead atoms. The highest BCUT2D eigenvalue weighted by Crippen LogP contribution is 2.32. The molecule has 1 fully saturated rings. The summed E-state index contributed by atoms with van der Waals surface area (Å²) in [6, 6.07) is 0.285. The molecule has 1 aromatic rings. The van der Waals surface area contributed by atoms with Gasteiger partial charge in [-0.1, -0.05) is 6.92 Å². The third-order valence-corrected chi connectivity index (χ3v) is 3.94. The van der Waals surface area contributed by atoms with Crippen LogP contribution < -0.4 is 10.6 Å². The third kappa shape index (κ3) is 5.86. The van der Waals surface area contributed by atoms with E-state index in [1.165, 1.54) is 18.4 Å². The Labute approximate surface area is 139 Å². The Balaban J connectivity index is 1.83. The lowest BCUT2D eigenvalue weighted by molar-refractivity contribution is 0.0521. The molecule has 2 rings (SSSR count). The average molecular weight is 322 g/mol. The summed E-state index contributed by atoms with van der Waals surface area (Å²) >= 11 is 0. The van der Waals surface area contributed by atoms with Gasteiger partial charge in [0.25, 0.3) is 0 Å². The number of aromatic nitrogens is 2. The highest BCUT2D eigenvalue weighted by molar-refractivity contribution is 5.67. The van der Waals surface area contributed by atoms with Crippen molar-refractivity contribution in [2.24, 2.45) is 13.0 Å². The van der Waals surface area contributed by atoms with Crippen LogP contribution in [0.1, 0.15) is 51.8 Å². The van der Waals surface area contributed by atoms with E-state index in [1.807, 2.05) is 32.5 Å². The smallest absolute Gasteiger partial charge is 0.407 e. The first-order valence-corrected chi connectivity index (χ1v) is 8.50. The summed E-state index contributed by atoms with van der Waals surface area (Å²) in [5.74, 6) is 0.645. The van der Waals surface area contributed by atoms with Gasteiger partial charge in [-0.25, -0.2) is 4.79 Å². The molecule has 1 atom stereocenters. The van der Waals surface area contributed by atoms with E-state index >= 15 is 0 Å². The van der Waals surface area contributed by atoms with E-state index in [-0.39, 0.29) is 12.1 Å². The number of nitrogens with one attached hydrogen (secondary N) is 2. The lowest BCUT2D eigenvalue weighted by Crippen LogP contribution is -2.43. The van der Waals surface area contributed by atoms with Crippen LogP contribution in [0.4, 0.5) is 4.79 Å². The molecule has 0 spiro atoms. The molecule has 0 aromatic carbocycles. The van der Waals surface area contributed by atoms with Gasteiger partial charge in [-0.2, -0.15) is 5.10 Å². The number of alkyl carbamates (subject to hydrolysis) is 1. The molecule has 1 heterocycles. The number of amides is 1. The molecular weight excluding hydrogens is 292 g/mol. The van der Waals surface area contributed by atoms with Crippen LogP contribution in [0.25, 0.3) is 0 Å². The number of carbonyl (C=O) groups excluding carboxylic acids is 1. The van der Waals surface area contributed by atoms with Gasteiger partial charge < -0.3 is 15.4 Å². The average Bonchev–Trinajstić information content (AvgIpc) is 3.20. The summed E-state index contributed by atoms with van der Waals surface area (Å²) in [5.41, 5.74) is 1.91. The zero-order valence-corrected chi connectivity index (χ0v) is 15.0. The second kappa shape index (κ2) is 7.34. The highest BCUT2D eigenvalue weighted by Gasteiger charge is 2.31. The fraction of sp³-hybridized carbons (Fsp3) is 0.765. The fourth-order valence-corrected chi connectivity index (χ4v) is 2.68. The molecule has 2 N–H and O–H groups in total. The molecule has 0 aliphatic heterocycles. The molecule has 1 aliphatic rings.